The zero-order chi connectivity index (χ0) is 15.0. The fourth-order valence-electron chi connectivity index (χ4n) is 2.00. The Labute approximate surface area is 121 Å². The normalized spacial score (nSPS) is 12.2. The number of carbonyl (C=O) groups is 2. The van der Waals surface area contributed by atoms with Crippen molar-refractivity contribution >= 4 is 11.7 Å². The number of amides is 1. The standard InChI is InChI=1S/C17H25NO2/c1-13(2)9-10-14(3)18-17(20)12-11-16(19)15-7-5-4-6-8-15/h4-8,13-14H,9-12H2,1-3H3,(H,18,20). The molecule has 1 atom stereocenters. The van der Waals surface area contributed by atoms with Crippen LogP contribution in [0.3, 0.4) is 0 Å². The monoisotopic (exact) mass is 275 g/mol. The topological polar surface area (TPSA) is 46.2 Å². The summed E-state index contributed by atoms with van der Waals surface area (Å²) in [6.07, 6.45) is 2.62. The first-order chi connectivity index (χ1) is 9.49. The first-order valence-electron chi connectivity index (χ1n) is 7.36. The molecular formula is C17H25NO2. The molecule has 0 heterocycles. The van der Waals surface area contributed by atoms with Gasteiger partial charge in [0.1, 0.15) is 0 Å². The predicted octanol–water partition coefficient (Wildman–Crippen LogP) is 3.59. The summed E-state index contributed by atoms with van der Waals surface area (Å²) in [5.41, 5.74) is 0.674. The van der Waals surface area contributed by atoms with Gasteiger partial charge in [0.05, 0.1) is 0 Å². The summed E-state index contributed by atoms with van der Waals surface area (Å²) < 4.78 is 0. The second-order valence-corrected chi connectivity index (χ2v) is 5.73. The maximum Gasteiger partial charge on any atom is 0.220 e. The van der Waals surface area contributed by atoms with Crippen molar-refractivity contribution in [1.29, 1.82) is 0 Å². The molecule has 0 radical (unpaired) electrons. The van der Waals surface area contributed by atoms with E-state index in [0.717, 1.165) is 12.8 Å². The summed E-state index contributed by atoms with van der Waals surface area (Å²) in [6.45, 7) is 6.36. The second kappa shape index (κ2) is 8.51. The molecule has 1 unspecified atom stereocenters. The zero-order valence-electron chi connectivity index (χ0n) is 12.7. The van der Waals surface area contributed by atoms with Crippen molar-refractivity contribution in [3.8, 4) is 0 Å². The molecule has 0 aliphatic carbocycles. The first-order valence-corrected chi connectivity index (χ1v) is 7.36. The van der Waals surface area contributed by atoms with Gasteiger partial charge in [-0.1, -0.05) is 44.2 Å². The summed E-state index contributed by atoms with van der Waals surface area (Å²) in [5.74, 6) is 0.634. The van der Waals surface area contributed by atoms with E-state index in [0.29, 0.717) is 11.5 Å². The Bertz CT molecular complexity index is 426. The van der Waals surface area contributed by atoms with Crippen molar-refractivity contribution in [3.05, 3.63) is 35.9 Å². The van der Waals surface area contributed by atoms with E-state index in [1.165, 1.54) is 0 Å². The largest absolute Gasteiger partial charge is 0.354 e. The van der Waals surface area contributed by atoms with Gasteiger partial charge in [0.25, 0.3) is 0 Å². The summed E-state index contributed by atoms with van der Waals surface area (Å²) in [6, 6.07) is 9.29. The van der Waals surface area contributed by atoms with Crippen LogP contribution in [-0.2, 0) is 4.79 Å². The maximum absolute atomic E-state index is 11.9. The molecule has 0 saturated carbocycles. The molecule has 0 aliphatic rings. The van der Waals surface area contributed by atoms with Gasteiger partial charge >= 0.3 is 0 Å². The molecule has 0 aliphatic heterocycles. The van der Waals surface area contributed by atoms with Crippen LogP contribution >= 0.6 is 0 Å². The smallest absolute Gasteiger partial charge is 0.220 e. The first kappa shape index (κ1) is 16.4. The lowest BCUT2D eigenvalue weighted by molar-refractivity contribution is -0.121. The van der Waals surface area contributed by atoms with Crippen LogP contribution in [-0.4, -0.2) is 17.7 Å². The predicted molar refractivity (Wildman–Crippen MR) is 81.7 cm³/mol. The molecule has 1 aromatic carbocycles. The lowest BCUT2D eigenvalue weighted by Gasteiger charge is -2.14. The Morgan fingerprint density at radius 3 is 2.25 bits per heavy atom. The second-order valence-electron chi connectivity index (χ2n) is 5.73. The molecule has 0 saturated heterocycles. The molecule has 0 spiro atoms. The molecular weight excluding hydrogens is 250 g/mol. The van der Waals surface area contributed by atoms with Gasteiger partial charge in [-0.3, -0.25) is 9.59 Å². The summed E-state index contributed by atoms with van der Waals surface area (Å²) in [5, 5.41) is 2.95. The van der Waals surface area contributed by atoms with Crippen LogP contribution in [0.5, 0.6) is 0 Å². The summed E-state index contributed by atoms with van der Waals surface area (Å²) >= 11 is 0. The lowest BCUT2D eigenvalue weighted by Crippen LogP contribution is -2.32. The highest BCUT2D eigenvalue weighted by molar-refractivity contribution is 5.97. The molecule has 3 heteroatoms. The molecule has 3 nitrogen and oxygen atoms in total. The van der Waals surface area contributed by atoms with Crippen LogP contribution in [0, 0.1) is 5.92 Å². The average Bonchev–Trinajstić information content (AvgIpc) is 2.43. The molecule has 20 heavy (non-hydrogen) atoms. The molecule has 1 N–H and O–H groups in total. The van der Waals surface area contributed by atoms with Crippen LogP contribution in [0.15, 0.2) is 30.3 Å². The van der Waals surface area contributed by atoms with E-state index in [4.69, 9.17) is 0 Å². The third kappa shape index (κ3) is 6.50. The van der Waals surface area contributed by atoms with E-state index in [9.17, 15) is 9.59 Å². The van der Waals surface area contributed by atoms with Crippen LogP contribution in [0.1, 0.15) is 56.8 Å². The number of carbonyl (C=O) groups excluding carboxylic acids is 2. The Hall–Kier alpha value is -1.64. The number of Topliss-reactive ketones (excluding diaryl/α,β-unsaturated/α-hetero) is 1. The molecule has 1 rings (SSSR count). The van der Waals surface area contributed by atoms with Crippen molar-refractivity contribution in [3.63, 3.8) is 0 Å². The molecule has 1 amide bonds. The fraction of sp³-hybridized carbons (Fsp3) is 0.529. The van der Waals surface area contributed by atoms with Crippen LogP contribution in [0.4, 0.5) is 0 Å². The average molecular weight is 275 g/mol. The van der Waals surface area contributed by atoms with Gasteiger partial charge in [-0.2, -0.15) is 0 Å². The van der Waals surface area contributed by atoms with Crippen molar-refractivity contribution in [1.82, 2.24) is 5.32 Å². The van der Waals surface area contributed by atoms with Gasteiger partial charge in [0, 0.05) is 24.4 Å². The zero-order valence-corrected chi connectivity index (χ0v) is 12.7. The highest BCUT2D eigenvalue weighted by Crippen LogP contribution is 2.08. The van der Waals surface area contributed by atoms with Crippen LogP contribution < -0.4 is 5.32 Å². The van der Waals surface area contributed by atoms with E-state index in [2.05, 4.69) is 19.2 Å². The third-order valence-electron chi connectivity index (χ3n) is 3.26. The maximum atomic E-state index is 11.9. The lowest BCUT2D eigenvalue weighted by atomic mass is 10.0. The quantitative estimate of drug-likeness (QED) is 0.737. The van der Waals surface area contributed by atoms with Gasteiger partial charge in [-0.25, -0.2) is 0 Å². The van der Waals surface area contributed by atoms with E-state index in [1.807, 2.05) is 25.1 Å². The number of rotatable bonds is 8. The molecule has 0 bridgehead atoms. The molecule has 0 aromatic heterocycles. The van der Waals surface area contributed by atoms with Crippen molar-refractivity contribution in [2.45, 2.75) is 52.5 Å². The Kier molecular flexibility index (Phi) is 6.99. The molecule has 110 valence electrons. The minimum absolute atomic E-state index is 0.0237. The van der Waals surface area contributed by atoms with E-state index >= 15 is 0 Å². The van der Waals surface area contributed by atoms with E-state index in [-0.39, 0.29) is 30.6 Å². The van der Waals surface area contributed by atoms with Crippen molar-refractivity contribution in [2.75, 3.05) is 0 Å². The SMILES string of the molecule is CC(C)CCC(C)NC(=O)CCC(=O)c1ccccc1. The summed E-state index contributed by atoms with van der Waals surface area (Å²) in [4.78, 5) is 23.6. The third-order valence-corrected chi connectivity index (χ3v) is 3.26. The van der Waals surface area contributed by atoms with Crippen molar-refractivity contribution in [2.24, 2.45) is 5.92 Å². The van der Waals surface area contributed by atoms with Gasteiger partial charge < -0.3 is 5.32 Å². The Morgan fingerprint density at radius 2 is 1.65 bits per heavy atom. The Morgan fingerprint density at radius 1 is 1.00 bits per heavy atom. The number of nitrogens with one attached hydrogen (secondary N) is 1. The highest BCUT2D eigenvalue weighted by Gasteiger charge is 2.11. The Balaban J connectivity index is 2.28. The number of ketones is 1. The fourth-order valence-corrected chi connectivity index (χ4v) is 2.00. The highest BCUT2D eigenvalue weighted by atomic mass is 16.2. The van der Waals surface area contributed by atoms with Gasteiger partial charge in [0.2, 0.25) is 5.91 Å². The molecule has 1 aromatic rings. The minimum Gasteiger partial charge on any atom is -0.354 e. The van der Waals surface area contributed by atoms with Gasteiger partial charge in [-0.15, -0.1) is 0 Å². The number of hydrogen-bond donors (Lipinski definition) is 1. The number of hydrogen-bond acceptors (Lipinski definition) is 2. The van der Waals surface area contributed by atoms with Crippen LogP contribution in [0.25, 0.3) is 0 Å². The van der Waals surface area contributed by atoms with Crippen molar-refractivity contribution < 1.29 is 9.59 Å². The van der Waals surface area contributed by atoms with Gasteiger partial charge in [0.15, 0.2) is 5.78 Å². The van der Waals surface area contributed by atoms with Gasteiger partial charge in [-0.05, 0) is 25.7 Å². The van der Waals surface area contributed by atoms with E-state index in [1.54, 1.807) is 12.1 Å². The van der Waals surface area contributed by atoms with E-state index < -0.39 is 0 Å². The van der Waals surface area contributed by atoms with Crippen LogP contribution in [0.2, 0.25) is 0 Å². The minimum atomic E-state index is -0.0365. The number of benzene rings is 1. The molecule has 0 fully saturated rings. The summed E-state index contributed by atoms with van der Waals surface area (Å²) in [7, 11) is 0.